The normalized spacial score (nSPS) is 11.8. The molecule has 0 amide bonds. The first kappa shape index (κ1) is 52.4. The average Bonchev–Trinajstić information content (AvgIpc) is 3.17. The maximum absolute atomic E-state index is 12.7. The molecule has 0 heterocycles. The molecule has 0 aliphatic rings. The fourth-order valence-electron chi connectivity index (χ4n) is 7.21. The third kappa shape index (κ3) is 41.6. The number of hydrogen-bond donors (Lipinski definition) is 0. The summed E-state index contributed by atoms with van der Waals surface area (Å²) in [6.07, 6.45) is 45.1. The maximum Gasteiger partial charge on any atom is 0.306 e. The van der Waals surface area contributed by atoms with Gasteiger partial charge in [-0.05, 0) is 19.3 Å². The molecular weight excluding hydrogens is 673 g/mol. The van der Waals surface area contributed by atoms with E-state index in [1.165, 1.54) is 173 Å². The van der Waals surface area contributed by atoms with Gasteiger partial charge >= 0.3 is 17.9 Å². The SMILES string of the molecule is CCCCCCCCCCCCCCCCC(=O)OC[C@H](COC(=O)CCCCCCCCCCC)OC(=O)CCCCCCCCCCCCCCC. The number of rotatable bonds is 44. The Labute approximate surface area is 336 Å². The molecular formula is C48H92O6. The minimum absolute atomic E-state index is 0.0624. The van der Waals surface area contributed by atoms with Gasteiger partial charge in [-0.25, -0.2) is 0 Å². The van der Waals surface area contributed by atoms with Crippen LogP contribution < -0.4 is 0 Å². The molecule has 1 atom stereocenters. The summed E-state index contributed by atoms with van der Waals surface area (Å²) < 4.78 is 16.7. The summed E-state index contributed by atoms with van der Waals surface area (Å²) in [6.45, 7) is 6.64. The molecule has 0 aromatic carbocycles. The third-order valence-electron chi connectivity index (χ3n) is 10.9. The van der Waals surface area contributed by atoms with Crippen LogP contribution in [-0.2, 0) is 28.6 Å². The van der Waals surface area contributed by atoms with Gasteiger partial charge < -0.3 is 14.2 Å². The smallest absolute Gasteiger partial charge is 0.306 e. The second-order valence-electron chi connectivity index (χ2n) is 16.4. The van der Waals surface area contributed by atoms with Crippen LogP contribution in [-0.4, -0.2) is 37.2 Å². The summed E-state index contributed by atoms with van der Waals surface area (Å²) in [7, 11) is 0. The summed E-state index contributed by atoms with van der Waals surface area (Å²) >= 11 is 0. The van der Waals surface area contributed by atoms with E-state index in [-0.39, 0.29) is 31.1 Å². The molecule has 0 radical (unpaired) electrons. The van der Waals surface area contributed by atoms with Crippen molar-refractivity contribution in [2.24, 2.45) is 0 Å². The summed E-state index contributed by atoms with van der Waals surface area (Å²) in [4.78, 5) is 37.7. The Morgan fingerprint density at radius 1 is 0.296 bits per heavy atom. The van der Waals surface area contributed by atoms with Gasteiger partial charge in [0.05, 0.1) is 0 Å². The van der Waals surface area contributed by atoms with Crippen molar-refractivity contribution < 1.29 is 28.6 Å². The van der Waals surface area contributed by atoms with E-state index in [4.69, 9.17) is 14.2 Å². The van der Waals surface area contributed by atoms with E-state index in [0.717, 1.165) is 57.8 Å². The second-order valence-corrected chi connectivity index (χ2v) is 16.4. The summed E-state index contributed by atoms with van der Waals surface area (Å²) in [5.41, 5.74) is 0. The molecule has 0 saturated carbocycles. The fourth-order valence-corrected chi connectivity index (χ4v) is 7.21. The molecule has 0 aromatic rings. The van der Waals surface area contributed by atoms with Gasteiger partial charge in [0.1, 0.15) is 13.2 Å². The highest BCUT2D eigenvalue weighted by atomic mass is 16.6. The standard InChI is InChI=1S/C48H92O6/c1-4-7-10-13-16-19-21-23-25-26-29-32-35-38-41-47(50)53-44-45(43-52-46(49)40-37-34-31-28-18-15-12-9-6-3)54-48(51)42-39-36-33-30-27-24-22-20-17-14-11-8-5-2/h45H,4-44H2,1-3H3/t45-/m0/s1. The maximum atomic E-state index is 12.7. The molecule has 0 aliphatic carbocycles. The number of ether oxygens (including phenoxy) is 3. The summed E-state index contributed by atoms with van der Waals surface area (Å²) in [5, 5.41) is 0. The van der Waals surface area contributed by atoms with Gasteiger partial charge in [-0.15, -0.1) is 0 Å². The summed E-state index contributed by atoms with van der Waals surface area (Å²) in [5.74, 6) is -0.849. The number of hydrogen-bond acceptors (Lipinski definition) is 6. The van der Waals surface area contributed by atoms with Crippen LogP contribution >= 0.6 is 0 Å². The molecule has 0 spiro atoms. The molecule has 0 saturated heterocycles. The van der Waals surface area contributed by atoms with Gasteiger partial charge in [-0.2, -0.15) is 0 Å². The predicted octanol–water partition coefficient (Wildman–Crippen LogP) is 15.3. The lowest BCUT2D eigenvalue weighted by Gasteiger charge is -2.18. The number of carbonyl (C=O) groups excluding carboxylic acids is 3. The zero-order chi connectivity index (χ0) is 39.4. The number of unbranched alkanes of at least 4 members (excludes halogenated alkanes) is 33. The zero-order valence-corrected chi connectivity index (χ0v) is 36.5. The fraction of sp³-hybridized carbons (Fsp3) is 0.938. The van der Waals surface area contributed by atoms with Crippen molar-refractivity contribution >= 4 is 17.9 Å². The lowest BCUT2D eigenvalue weighted by atomic mass is 10.0. The van der Waals surface area contributed by atoms with Gasteiger partial charge in [0, 0.05) is 19.3 Å². The highest BCUT2D eigenvalue weighted by Gasteiger charge is 2.19. The Kier molecular flexibility index (Phi) is 42.8. The minimum Gasteiger partial charge on any atom is -0.462 e. The van der Waals surface area contributed by atoms with Crippen LogP contribution in [0.2, 0.25) is 0 Å². The topological polar surface area (TPSA) is 78.9 Å². The first-order valence-electron chi connectivity index (χ1n) is 24.0. The van der Waals surface area contributed by atoms with E-state index in [1.54, 1.807) is 0 Å². The number of carbonyl (C=O) groups is 3. The molecule has 0 aliphatic heterocycles. The molecule has 6 heteroatoms. The van der Waals surface area contributed by atoms with Gasteiger partial charge in [0.2, 0.25) is 0 Å². The molecule has 0 N–H and O–H groups in total. The van der Waals surface area contributed by atoms with Crippen LogP contribution in [0, 0.1) is 0 Å². The highest BCUT2D eigenvalue weighted by Crippen LogP contribution is 2.16. The first-order valence-corrected chi connectivity index (χ1v) is 24.0. The first-order chi connectivity index (χ1) is 26.5. The van der Waals surface area contributed by atoms with Crippen LogP contribution in [0.4, 0.5) is 0 Å². The molecule has 0 aromatic heterocycles. The van der Waals surface area contributed by atoms with Crippen LogP contribution in [0.25, 0.3) is 0 Å². The predicted molar refractivity (Wildman–Crippen MR) is 229 cm³/mol. The monoisotopic (exact) mass is 765 g/mol. The van der Waals surface area contributed by atoms with Crippen molar-refractivity contribution in [2.75, 3.05) is 13.2 Å². The highest BCUT2D eigenvalue weighted by molar-refractivity contribution is 5.71. The van der Waals surface area contributed by atoms with Gasteiger partial charge in [-0.1, -0.05) is 233 Å². The minimum atomic E-state index is -0.758. The Morgan fingerprint density at radius 2 is 0.500 bits per heavy atom. The summed E-state index contributed by atoms with van der Waals surface area (Å²) in [6, 6.07) is 0. The van der Waals surface area contributed by atoms with Crippen LogP contribution in [0.5, 0.6) is 0 Å². The van der Waals surface area contributed by atoms with E-state index in [1.807, 2.05) is 0 Å². The van der Waals surface area contributed by atoms with Crippen molar-refractivity contribution in [1.82, 2.24) is 0 Å². The van der Waals surface area contributed by atoms with E-state index >= 15 is 0 Å². The van der Waals surface area contributed by atoms with E-state index < -0.39 is 6.10 Å². The van der Waals surface area contributed by atoms with E-state index in [2.05, 4.69) is 20.8 Å². The van der Waals surface area contributed by atoms with E-state index in [0.29, 0.717) is 19.3 Å². The van der Waals surface area contributed by atoms with Crippen molar-refractivity contribution in [3.8, 4) is 0 Å². The largest absolute Gasteiger partial charge is 0.462 e. The molecule has 0 rings (SSSR count). The Hall–Kier alpha value is -1.59. The molecule has 54 heavy (non-hydrogen) atoms. The van der Waals surface area contributed by atoms with Crippen LogP contribution in [0.3, 0.4) is 0 Å². The van der Waals surface area contributed by atoms with Gasteiger partial charge in [0.25, 0.3) is 0 Å². The van der Waals surface area contributed by atoms with Crippen LogP contribution in [0.1, 0.15) is 271 Å². The van der Waals surface area contributed by atoms with E-state index in [9.17, 15) is 14.4 Å². The molecule has 0 fully saturated rings. The average molecular weight is 765 g/mol. The Balaban J connectivity index is 4.29. The van der Waals surface area contributed by atoms with Gasteiger partial charge in [-0.3, -0.25) is 14.4 Å². The quantitative estimate of drug-likeness (QED) is 0.0349. The zero-order valence-electron chi connectivity index (χ0n) is 36.5. The Bertz CT molecular complexity index is 798. The molecule has 0 bridgehead atoms. The third-order valence-corrected chi connectivity index (χ3v) is 10.9. The van der Waals surface area contributed by atoms with Gasteiger partial charge in [0.15, 0.2) is 6.10 Å². The second kappa shape index (κ2) is 44.1. The van der Waals surface area contributed by atoms with Crippen molar-refractivity contribution in [3.63, 3.8) is 0 Å². The van der Waals surface area contributed by atoms with Crippen molar-refractivity contribution in [1.29, 1.82) is 0 Å². The van der Waals surface area contributed by atoms with Crippen molar-refractivity contribution in [3.05, 3.63) is 0 Å². The molecule has 6 nitrogen and oxygen atoms in total. The Morgan fingerprint density at radius 3 is 0.741 bits per heavy atom. The lowest BCUT2D eigenvalue weighted by molar-refractivity contribution is -0.167. The van der Waals surface area contributed by atoms with Crippen molar-refractivity contribution in [2.45, 2.75) is 277 Å². The van der Waals surface area contributed by atoms with Crippen LogP contribution in [0.15, 0.2) is 0 Å². The molecule has 320 valence electrons. The molecule has 0 unspecified atom stereocenters. The number of esters is 3. The lowest BCUT2D eigenvalue weighted by Crippen LogP contribution is -2.30.